The summed E-state index contributed by atoms with van der Waals surface area (Å²) in [5, 5.41) is 0. The first-order chi connectivity index (χ1) is 11.7. The zero-order chi connectivity index (χ0) is 16.8. The van der Waals surface area contributed by atoms with Gasteiger partial charge in [0.15, 0.2) is 0 Å². The van der Waals surface area contributed by atoms with E-state index in [9.17, 15) is 0 Å². The Bertz CT molecular complexity index is 820. The minimum Gasteiger partial charge on any atom is -0.489 e. The summed E-state index contributed by atoms with van der Waals surface area (Å²) in [5.41, 5.74) is 7.45. The van der Waals surface area contributed by atoms with Crippen molar-refractivity contribution in [1.29, 1.82) is 0 Å². The van der Waals surface area contributed by atoms with Gasteiger partial charge in [-0.3, -0.25) is 0 Å². The number of hydrogen-bond acceptors (Lipinski definition) is 4. The van der Waals surface area contributed by atoms with Crippen molar-refractivity contribution in [2.24, 2.45) is 5.73 Å². The Morgan fingerprint density at radius 2 is 1.67 bits per heavy atom. The van der Waals surface area contributed by atoms with Gasteiger partial charge in [0.1, 0.15) is 23.1 Å². The van der Waals surface area contributed by atoms with Gasteiger partial charge in [-0.2, -0.15) is 0 Å². The summed E-state index contributed by atoms with van der Waals surface area (Å²) < 4.78 is 11.4. The number of hydrogen-bond donors (Lipinski definition) is 1. The lowest BCUT2D eigenvalue weighted by atomic mass is 10.2. The maximum atomic E-state index is 5.74. The van der Waals surface area contributed by atoms with Crippen molar-refractivity contribution < 1.29 is 9.47 Å². The van der Waals surface area contributed by atoms with Gasteiger partial charge in [0.25, 0.3) is 0 Å². The molecule has 0 spiro atoms. The molecule has 1 aromatic heterocycles. The summed E-state index contributed by atoms with van der Waals surface area (Å²) in [6.07, 6.45) is 1.61. The lowest BCUT2D eigenvalue weighted by molar-refractivity contribution is 0.305. The highest BCUT2D eigenvalue weighted by molar-refractivity contribution is 7.80. The molecule has 0 atom stereocenters. The van der Waals surface area contributed by atoms with Crippen LogP contribution < -0.4 is 15.2 Å². The summed E-state index contributed by atoms with van der Waals surface area (Å²) in [5.74, 6) is 1.88. The molecule has 24 heavy (non-hydrogen) atoms. The average Bonchev–Trinajstić information content (AvgIpc) is 2.62. The van der Waals surface area contributed by atoms with Crippen LogP contribution in [0.1, 0.15) is 11.1 Å². The Hall–Kier alpha value is -2.92. The summed E-state index contributed by atoms with van der Waals surface area (Å²) >= 11 is 4.95. The van der Waals surface area contributed by atoms with Crippen molar-refractivity contribution in [3.63, 3.8) is 0 Å². The van der Waals surface area contributed by atoms with E-state index >= 15 is 0 Å². The number of rotatable bonds is 6. The highest BCUT2D eigenvalue weighted by Gasteiger charge is 2.03. The molecular weight excluding hydrogens is 320 g/mol. The van der Waals surface area contributed by atoms with E-state index in [1.165, 1.54) is 0 Å². The van der Waals surface area contributed by atoms with Crippen molar-refractivity contribution in [3.8, 4) is 17.4 Å². The van der Waals surface area contributed by atoms with Crippen LogP contribution in [-0.4, -0.2) is 9.97 Å². The van der Waals surface area contributed by atoms with Gasteiger partial charge in [-0.05, 0) is 35.9 Å². The van der Waals surface area contributed by atoms with Gasteiger partial charge in [-0.15, -0.1) is 0 Å². The number of nitrogens with zero attached hydrogens (tertiary/aromatic N) is 1. The molecule has 3 aromatic rings. The molecule has 0 aliphatic heterocycles. The molecule has 0 aliphatic carbocycles. The minimum absolute atomic E-state index is 0.312. The molecule has 2 aromatic carbocycles. The Labute approximate surface area is 145 Å². The predicted molar refractivity (Wildman–Crippen MR) is 97.4 cm³/mol. The molecule has 0 radical (unpaired) electrons. The molecule has 0 bridgehead atoms. The first kappa shape index (κ1) is 16.0. The molecule has 3 rings (SSSR count). The van der Waals surface area contributed by atoms with Crippen molar-refractivity contribution in [3.05, 3.63) is 84.1 Å². The van der Waals surface area contributed by atoms with E-state index in [-0.39, 0.29) is 0 Å². The second kappa shape index (κ2) is 7.57. The van der Waals surface area contributed by atoms with Gasteiger partial charge in [0.05, 0.1) is 0 Å². The van der Waals surface area contributed by atoms with Crippen molar-refractivity contribution in [2.45, 2.75) is 6.61 Å². The molecule has 4 nitrogen and oxygen atoms in total. The molecule has 0 fully saturated rings. The second-order valence-electron chi connectivity index (χ2n) is 5.09. The fraction of sp³-hybridized carbons (Fsp3) is 0.0526. The maximum Gasteiger partial charge on any atom is 0.219 e. The van der Waals surface area contributed by atoms with Crippen molar-refractivity contribution in [1.82, 2.24) is 4.98 Å². The first-order valence-electron chi connectivity index (χ1n) is 7.41. The normalized spacial score (nSPS) is 10.2. The third-order valence-electron chi connectivity index (χ3n) is 3.31. The molecule has 0 amide bonds. The van der Waals surface area contributed by atoms with Crippen LogP contribution >= 0.6 is 12.2 Å². The monoisotopic (exact) mass is 336 g/mol. The summed E-state index contributed by atoms with van der Waals surface area (Å²) in [6, 6.07) is 20.8. The molecule has 0 unspecified atom stereocenters. The SMILES string of the molecule is NC(=S)c1ccnc(Oc2ccc(OCc3ccccc3)cc2)c1. The zero-order valence-electron chi connectivity index (χ0n) is 12.9. The van der Waals surface area contributed by atoms with Gasteiger partial charge >= 0.3 is 0 Å². The highest BCUT2D eigenvalue weighted by Crippen LogP contribution is 2.23. The largest absolute Gasteiger partial charge is 0.489 e. The lowest BCUT2D eigenvalue weighted by Gasteiger charge is -2.08. The smallest absolute Gasteiger partial charge is 0.219 e. The Morgan fingerprint density at radius 3 is 2.38 bits per heavy atom. The van der Waals surface area contributed by atoms with Gasteiger partial charge in [0, 0.05) is 17.8 Å². The van der Waals surface area contributed by atoms with Crippen LogP contribution in [0.4, 0.5) is 0 Å². The molecule has 5 heteroatoms. The number of nitrogens with two attached hydrogens (primary N) is 1. The third-order valence-corrected chi connectivity index (χ3v) is 3.55. The van der Waals surface area contributed by atoms with E-state index < -0.39 is 0 Å². The maximum absolute atomic E-state index is 5.74. The summed E-state index contributed by atoms with van der Waals surface area (Å²) in [7, 11) is 0. The quantitative estimate of drug-likeness (QED) is 0.687. The van der Waals surface area contributed by atoms with E-state index in [0.717, 1.165) is 16.9 Å². The average molecular weight is 336 g/mol. The van der Waals surface area contributed by atoms with Crippen LogP contribution in [0.2, 0.25) is 0 Å². The number of ether oxygens (including phenoxy) is 2. The number of thiocarbonyl (C=S) groups is 1. The molecule has 0 aliphatic rings. The number of pyridine rings is 1. The molecule has 1 heterocycles. The van der Waals surface area contributed by atoms with Crippen molar-refractivity contribution >= 4 is 17.2 Å². The minimum atomic E-state index is 0.312. The van der Waals surface area contributed by atoms with E-state index in [1.54, 1.807) is 18.3 Å². The van der Waals surface area contributed by atoms with E-state index in [1.807, 2.05) is 54.6 Å². The van der Waals surface area contributed by atoms with Crippen LogP contribution in [-0.2, 0) is 6.61 Å². The van der Waals surface area contributed by atoms with Crippen LogP contribution in [0.3, 0.4) is 0 Å². The van der Waals surface area contributed by atoms with E-state index in [2.05, 4.69) is 4.98 Å². The van der Waals surface area contributed by atoms with Crippen LogP contribution in [0.25, 0.3) is 0 Å². The van der Waals surface area contributed by atoms with Gasteiger partial charge < -0.3 is 15.2 Å². The predicted octanol–water partition coefficient (Wildman–Crippen LogP) is 4.09. The van der Waals surface area contributed by atoms with E-state index in [0.29, 0.717) is 23.2 Å². The Morgan fingerprint density at radius 1 is 0.958 bits per heavy atom. The second-order valence-corrected chi connectivity index (χ2v) is 5.53. The molecular formula is C19H16N2O2S. The fourth-order valence-corrected chi connectivity index (χ4v) is 2.21. The van der Waals surface area contributed by atoms with Crippen LogP contribution in [0.5, 0.6) is 17.4 Å². The molecule has 0 saturated carbocycles. The van der Waals surface area contributed by atoms with Crippen LogP contribution in [0, 0.1) is 0 Å². The Kier molecular flexibility index (Phi) is 5.03. The highest BCUT2D eigenvalue weighted by atomic mass is 32.1. The first-order valence-corrected chi connectivity index (χ1v) is 7.82. The zero-order valence-corrected chi connectivity index (χ0v) is 13.7. The summed E-state index contributed by atoms with van der Waals surface area (Å²) in [4.78, 5) is 4.46. The molecule has 0 saturated heterocycles. The van der Waals surface area contributed by atoms with Gasteiger partial charge in [-0.1, -0.05) is 42.5 Å². The number of aromatic nitrogens is 1. The van der Waals surface area contributed by atoms with Gasteiger partial charge in [-0.25, -0.2) is 4.98 Å². The molecule has 2 N–H and O–H groups in total. The summed E-state index contributed by atoms with van der Waals surface area (Å²) in [6.45, 7) is 0.526. The van der Waals surface area contributed by atoms with E-state index in [4.69, 9.17) is 27.4 Å². The Balaban J connectivity index is 1.62. The standard InChI is InChI=1S/C19H16N2O2S/c20-19(24)15-10-11-21-18(12-15)23-17-8-6-16(7-9-17)22-13-14-4-2-1-3-5-14/h1-12H,13H2,(H2,20,24). The lowest BCUT2D eigenvalue weighted by Crippen LogP contribution is -2.09. The number of benzene rings is 2. The van der Waals surface area contributed by atoms with Gasteiger partial charge in [0.2, 0.25) is 5.88 Å². The fourth-order valence-electron chi connectivity index (χ4n) is 2.08. The molecule has 120 valence electrons. The van der Waals surface area contributed by atoms with Crippen LogP contribution in [0.15, 0.2) is 72.9 Å². The third kappa shape index (κ3) is 4.30. The topological polar surface area (TPSA) is 57.4 Å². The van der Waals surface area contributed by atoms with Crippen molar-refractivity contribution in [2.75, 3.05) is 0 Å².